The summed E-state index contributed by atoms with van der Waals surface area (Å²) in [6, 6.07) is 12.5. The number of amides is 1. The summed E-state index contributed by atoms with van der Waals surface area (Å²) in [5.74, 6) is 1.13. The van der Waals surface area contributed by atoms with Gasteiger partial charge in [-0.05, 0) is 25.2 Å². The molecule has 1 atom stereocenters. The second-order valence-electron chi connectivity index (χ2n) is 4.50. The van der Waals surface area contributed by atoms with Crippen molar-refractivity contribution >= 4 is 23.2 Å². The van der Waals surface area contributed by atoms with Crippen molar-refractivity contribution in [3.63, 3.8) is 0 Å². The quantitative estimate of drug-likeness (QED) is 0.911. The van der Waals surface area contributed by atoms with Gasteiger partial charge in [0, 0.05) is 17.3 Å². The molecule has 1 aliphatic rings. The molecule has 2 aromatic carbocycles. The lowest BCUT2D eigenvalue weighted by atomic mass is 10.1. The third-order valence-corrected chi connectivity index (χ3v) is 3.49. The van der Waals surface area contributed by atoms with Crippen LogP contribution in [0.15, 0.2) is 42.5 Å². The van der Waals surface area contributed by atoms with Crippen molar-refractivity contribution in [1.82, 2.24) is 5.32 Å². The van der Waals surface area contributed by atoms with Gasteiger partial charge < -0.3 is 15.4 Å². The first-order valence-corrected chi connectivity index (χ1v) is 6.61. The predicted octanol–water partition coefficient (Wildman–Crippen LogP) is 3.34. The summed E-state index contributed by atoms with van der Waals surface area (Å²) in [6.45, 7) is 0. The summed E-state index contributed by atoms with van der Waals surface area (Å²) in [4.78, 5) is 11.8. The number of para-hydroxylation sites is 1. The van der Waals surface area contributed by atoms with Gasteiger partial charge in [-0.2, -0.15) is 0 Å². The van der Waals surface area contributed by atoms with Crippen LogP contribution >= 0.6 is 11.6 Å². The molecule has 1 unspecified atom stereocenters. The van der Waals surface area contributed by atoms with Crippen molar-refractivity contribution < 1.29 is 9.53 Å². The Labute approximate surface area is 121 Å². The Kier molecular flexibility index (Phi) is 3.34. The van der Waals surface area contributed by atoms with E-state index in [-0.39, 0.29) is 11.9 Å². The molecule has 0 radical (unpaired) electrons. The van der Waals surface area contributed by atoms with Crippen LogP contribution in [0.2, 0.25) is 5.02 Å². The Bertz CT molecular complexity index is 658. The van der Waals surface area contributed by atoms with Crippen LogP contribution in [-0.4, -0.2) is 13.0 Å². The molecule has 0 aromatic heterocycles. The maximum Gasteiger partial charge on any atom is 0.246 e. The zero-order valence-corrected chi connectivity index (χ0v) is 11.6. The van der Waals surface area contributed by atoms with E-state index in [0.717, 1.165) is 11.3 Å². The summed E-state index contributed by atoms with van der Waals surface area (Å²) >= 11 is 6.24. The molecule has 5 heteroatoms. The normalized spacial score (nSPS) is 16.7. The number of hydrogen-bond acceptors (Lipinski definition) is 3. The minimum atomic E-state index is -0.367. The van der Waals surface area contributed by atoms with Crippen molar-refractivity contribution in [2.45, 2.75) is 6.04 Å². The molecule has 0 aliphatic carbocycles. The molecule has 2 N–H and O–H groups in total. The Balaban J connectivity index is 1.96. The number of hydrogen-bond donors (Lipinski definition) is 2. The molecule has 0 saturated carbocycles. The number of benzene rings is 2. The SMILES string of the molecule is CNC1C(=O)Nc2cc(Oc3ccccc3)c(Cl)cc21. The van der Waals surface area contributed by atoms with E-state index in [9.17, 15) is 4.79 Å². The zero-order valence-electron chi connectivity index (χ0n) is 10.8. The fourth-order valence-electron chi connectivity index (χ4n) is 2.24. The Morgan fingerprint density at radius 3 is 2.70 bits per heavy atom. The lowest BCUT2D eigenvalue weighted by Crippen LogP contribution is -2.23. The molecule has 3 rings (SSSR count). The lowest BCUT2D eigenvalue weighted by Gasteiger charge is -2.11. The fraction of sp³-hybridized carbons (Fsp3) is 0.133. The van der Waals surface area contributed by atoms with Crippen LogP contribution in [0, 0.1) is 0 Å². The van der Waals surface area contributed by atoms with Gasteiger partial charge >= 0.3 is 0 Å². The second kappa shape index (κ2) is 5.15. The molecule has 0 bridgehead atoms. The van der Waals surface area contributed by atoms with E-state index in [1.54, 1.807) is 19.2 Å². The van der Waals surface area contributed by atoms with Crippen molar-refractivity contribution in [2.24, 2.45) is 0 Å². The second-order valence-corrected chi connectivity index (χ2v) is 4.90. The van der Waals surface area contributed by atoms with Crippen LogP contribution in [0.5, 0.6) is 11.5 Å². The minimum absolute atomic E-state index is 0.0876. The molecule has 1 heterocycles. The summed E-state index contributed by atoms with van der Waals surface area (Å²) < 4.78 is 5.73. The third-order valence-electron chi connectivity index (χ3n) is 3.19. The number of ether oxygens (including phenoxy) is 1. The minimum Gasteiger partial charge on any atom is -0.456 e. The number of fused-ring (bicyclic) bond motifs is 1. The highest BCUT2D eigenvalue weighted by atomic mass is 35.5. The van der Waals surface area contributed by atoms with Crippen molar-refractivity contribution in [3.8, 4) is 11.5 Å². The van der Waals surface area contributed by atoms with Crippen LogP contribution in [0.4, 0.5) is 5.69 Å². The van der Waals surface area contributed by atoms with E-state index in [1.807, 2.05) is 30.3 Å². The highest BCUT2D eigenvalue weighted by Crippen LogP contribution is 2.39. The van der Waals surface area contributed by atoms with E-state index in [0.29, 0.717) is 16.5 Å². The largest absolute Gasteiger partial charge is 0.456 e. The standard InChI is InChI=1S/C15H13ClN2O2/c1-17-14-10-7-11(16)13(8-12(10)18-15(14)19)20-9-5-3-2-4-6-9/h2-8,14,17H,1H3,(H,18,19). The molecule has 1 amide bonds. The molecule has 0 fully saturated rings. The summed E-state index contributed by atoms with van der Waals surface area (Å²) in [5.41, 5.74) is 1.56. The van der Waals surface area contributed by atoms with Gasteiger partial charge in [0.15, 0.2) is 0 Å². The van der Waals surface area contributed by atoms with Gasteiger partial charge in [-0.25, -0.2) is 0 Å². The van der Waals surface area contributed by atoms with Crippen molar-refractivity contribution in [1.29, 1.82) is 0 Å². The van der Waals surface area contributed by atoms with Crippen LogP contribution in [0.25, 0.3) is 0 Å². The summed E-state index contributed by atoms with van der Waals surface area (Å²) in [5, 5.41) is 6.24. The highest BCUT2D eigenvalue weighted by molar-refractivity contribution is 6.32. The first-order valence-electron chi connectivity index (χ1n) is 6.23. The number of likely N-dealkylation sites (N-methyl/N-ethyl adjacent to an activating group) is 1. The molecule has 2 aromatic rings. The van der Waals surface area contributed by atoms with E-state index >= 15 is 0 Å². The molecular weight excluding hydrogens is 276 g/mol. The molecule has 0 saturated heterocycles. The van der Waals surface area contributed by atoms with Crippen LogP contribution in [0.1, 0.15) is 11.6 Å². The Hall–Kier alpha value is -2.04. The van der Waals surface area contributed by atoms with Crippen LogP contribution < -0.4 is 15.4 Å². The molecule has 4 nitrogen and oxygen atoms in total. The number of rotatable bonds is 3. The van der Waals surface area contributed by atoms with Gasteiger partial charge in [0.05, 0.1) is 5.02 Å². The molecule has 20 heavy (non-hydrogen) atoms. The van der Waals surface area contributed by atoms with Gasteiger partial charge in [0.25, 0.3) is 0 Å². The molecular formula is C15H13ClN2O2. The number of carbonyl (C=O) groups is 1. The van der Waals surface area contributed by atoms with E-state index < -0.39 is 0 Å². The van der Waals surface area contributed by atoms with Gasteiger partial charge in [-0.1, -0.05) is 29.8 Å². The maximum atomic E-state index is 11.8. The van der Waals surface area contributed by atoms with E-state index in [2.05, 4.69) is 10.6 Å². The third kappa shape index (κ3) is 2.24. The molecule has 102 valence electrons. The first kappa shape index (κ1) is 13.0. The number of halogens is 1. The van der Waals surface area contributed by atoms with Crippen LogP contribution in [-0.2, 0) is 4.79 Å². The fourth-order valence-corrected chi connectivity index (χ4v) is 2.45. The number of anilines is 1. The Morgan fingerprint density at radius 2 is 2.00 bits per heavy atom. The van der Waals surface area contributed by atoms with E-state index in [4.69, 9.17) is 16.3 Å². The van der Waals surface area contributed by atoms with Crippen molar-refractivity contribution in [2.75, 3.05) is 12.4 Å². The summed E-state index contributed by atoms with van der Waals surface area (Å²) in [6.07, 6.45) is 0. The molecule has 1 aliphatic heterocycles. The monoisotopic (exact) mass is 288 g/mol. The highest BCUT2D eigenvalue weighted by Gasteiger charge is 2.30. The van der Waals surface area contributed by atoms with Crippen molar-refractivity contribution in [3.05, 3.63) is 53.1 Å². The van der Waals surface area contributed by atoms with Gasteiger partial charge in [0.2, 0.25) is 5.91 Å². The van der Waals surface area contributed by atoms with Crippen LogP contribution in [0.3, 0.4) is 0 Å². The lowest BCUT2D eigenvalue weighted by molar-refractivity contribution is -0.117. The zero-order chi connectivity index (χ0) is 14.1. The average Bonchev–Trinajstić information content (AvgIpc) is 2.75. The van der Waals surface area contributed by atoms with Gasteiger partial charge in [-0.15, -0.1) is 0 Å². The topological polar surface area (TPSA) is 50.4 Å². The van der Waals surface area contributed by atoms with Gasteiger partial charge in [-0.3, -0.25) is 4.79 Å². The molecule has 0 spiro atoms. The van der Waals surface area contributed by atoms with E-state index in [1.165, 1.54) is 0 Å². The Morgan fingerprint density at radius 1 is 1.25 bits per heavy atom. The first-order chi connectivity index (χ1) is 9.69. The maximum absolute atomic E-state index is 11.8. The number of nitrogens with one attached hydrogen (secondary N) is 2. The van der Waals surface area contributed by atoms with Gasteiger partial charge in [0.1, 0.15) is 17.5 Å². The predicted molar refractivity (Wildman–Crippen MR) is 78.4 cm³/mol. The average molecular weight is 289 g/mol. The summed E-state index contributed by atoms with van der Waals surface area (Å²) in [7, 11) is 1.74. The smallest absolute Gasteiger partial charge is 0.246 e. The number of carbonyl (C=O) groups excluding carboxylic acids is 1.